The third-order valence-corrected chi connectivity index (χ3v) is 4.62. The first kappa shape index (κ1) is 15.2. The maximum absolute atomic E-state index is 5.81. The van der Waals surface area contributed by atoms with Gasteiger partial charge in [-0.15, -0.1) is 0 Å². The van der Waals surface area contributed by atoms with Crippen molar-refractivity contribution in [1.29, 1.82) is 0 Å². The van der Waals surface area contributed by atoms with Crippen molar-refractivity contribution in [3.05, 3.63) is 0 Å². The van der Waals surface area contributed by atoms with Crippen molar-refractivity contribution in [3.8, 4) is 0 Å². The summed E-state index contributed by atoms with van der Waals surface area (Å²) in [5, 5.41) is 3.44. The van der Waals surface area contributed by atoms with Crippen LogP contribution in [0, 0.1) is 0 Å². The summed E-state index contributed by atoms with van der Waals surface area (Å²) in [6.07, 6.45) is 1.56. The molecule has 2 saturated heterocycles. The first-order valence-corrected chi connectivity index (χ1v) is 7.84. The number of hydrogen-bond acceptors (Lipinski definition) is 4. The molecule has 0 aromatic rings. The molecule has 19 heavy (non-hydrogen) atoms. The lowest BCUT2D eigenvalue weighted by Crippen LogP contribution is -2.61. The van der Waals surface area contributed by atoms with E-state index in [1.165, 1.54) is 19.5 Å². The molecule has 0 aromatic carbocycles. The zero-order valence-corrected chi connectivity index (χ0v) is 13.1. The predicted molar refractivity (Wildman–Crippen MR) is 79.6 cm³/mol. The van der Waals surface area contributed by atoms with Crippen LogP contribution < -0.4 is 5.32 Å². The maximum atomic E-state index is 5.81. The van der Waals surface area contributed by atoms with Gasteiger partial charge in [-0.05, 0) is 27.2 Å². The standard InChI is InChI=1S/C15H31N3O/c1-5-14-11-19-13(2)10-17(14)12-15(3,4)18-8-6-16-7-9-18/h13-14,16H,5-12H2,1-4H3. The van der Waals surface area contributed by atoms with E-state index < -0.39 is 0 Å². The van der Waals surface area contributed by atoms with Gasteiger partial charge in [0.1, 0.15) is 0 Å². The molecule has 4 heteroatoms. The second-order valence-corrected chi connectivity index (χ2v) is 6.68. The van der Waals surface area contributed by atoms with Gasteiger partial charge < -0.3 is 10.1 Å². The summed E-state index contributed by atoms with van der Waals surface area (Å²) in [5.41, 5.74) is 0.257. The van der Waals surface area contributed by atoms with Gasteiger partial charge in [0.05, 0.1) is 12.7 Å². The number of hydrogen-bond donors (Lipinski definition) is 1. The molecule has 2 unspecified atom stereocenters. The molecule has 0 amide bonds. The van der Waals surface area contributed by atoms with E-state index in [1.807, 2.05) is 0 Å². The highest BCUT2D eigenvalue weighted by Crippen LogP contribution is 2.22. The van der Waals surface area contributed by atoms with Crippen LogP contribution in [0.15, 0.2) is 0 Å². The molecule has 1 N–H and O–H groups in total. The first-order chi connectivity index (χ1) is 9.03. The molecule has 2 heterocycles. The lowest BCUT2D eigenvalue weighted by molar-refractivity contribution is -0.0731. The SMILES string of the molecule is CCC1COC(C)CN1CC(C)(C)N1CCNCC1. The molecular formula is C15H31N3O. The number of morpholine rings is 1. The number of ether oxygens (including phenoxy) is 1. The van der Waals surface area contributed by atoms with Crippen LogP contribution in [-0.2, 0) is 4.74 Å². The molecule has 2 rings (SSSR count). The van der Waals surface area contributed by atoms with Crippen molar-refractivity contribution in [2.45, 2.75) is 51.8 Å². The molecule has 112 valence electrons. The Labute approximate surface area is 118 Å². The van der Waals surface area contributed by atoms with Crippen LogP contribution in [0.4, 0.5) is 0 Å². The molecule has 0 bridgehead atoms. The fraction of sp³-hybridized carbons (Fsp3) is 1.00. The van der Waals surface area contributed by atoms with Crippen molar-refractivity contribution >= 4 is 0 Å². The summed E-state index contributed by atoms with van der Waals surface area (Å²) in [4.78, 5) is 5.28. The van der Waals surface area contributed by atoms with Gasteiger partial charge in [-0.2, -0.15) is 0 Å². The summed E-state index contributed by atoms with van der Waals surface area (Å²) in [6.45, 7) is 17.0. The molecule has 0 saturated carbocycles. The van der Waals surface area contributed by atoms with Gasteiger partial charge in [-0.3, -0.25) is 9.80 Å². The van der Waals surface area contributed by atoms with E-state index in [1.54, 1.807) is 0 Å². The van der Waals surface area contributed by atoms with Crippen molar-refractivity contribution in [3.63, 3.8) is 0 Å². The van der Waals surface area contributed by atoms with Crippen molar-refractivity contribution in [2.24, 2.45) is 0 Å². The summed E-state index contributed by atoms with van der Waals surface area (Å²) >= 11 is 0. The number of nitrogens with one attached hydrogen (secondary N) is 1. The van der Waals surface area contributed by atoms with E-state index in [0.717, 1.165) is 32.8 Å². The lowest BCUT2D eigenvalue weighted by Gasteiger charge is -2.47. The van der Waals surface area contributed by atoms with E-state index in [2.05, 4.69) is 42.8 Å². The van der Waals surface area contributed by atoms with Crippen molar-refractivity contribution < 1.29 is 4.74 Å². The molecule has 2 atom stereocenters. The van der Waals surface area contributed by atoms with Gasteiger partial charge in [0.2, 0.25) is 0 Å². The zero-order valence-electron chi connectivity index (χ0n) is 13.1. The minimum atomic E-state index is 0.257. The number of nitrogens with zero attached hydrogens (tertiary/aromatic N) is 2. The van der Waals surface area contributed by atoms with Crippen LogP contribution in [0.25, 0.3) is 0 Å². The summed E-state index contributed by atoms with van der Waals surface area (Å²) in [7, 11) is 0. The molecule has 0 aliphatic carbocycles. The second kappa shape index (κ2) is 6.53. The van der Waals surface area contributed by atoms with Crippen LogP contribution in [0.3, 0.4) is 0 Å². The number of rotatable bonds is 4. The third kappa shape index (κ3) is 3.91. The van der Waals surface area contributed by atoms with Crippen LogP contribution in [0.5, 0.6) is 0 Å². The summed E-state index contributed by atoms with van der Waals surface area (Å²) in [6, 6.07) is 0.596. The van der Waals surface area contributed by atoms with Gasteiger partial charge in [0, 0.05) is 50.8 Å². The first-order valence-electron chi connectivity index (χ1n) is 7.84. The average molecular weight is 269 g/mol. The highest BCUT2D eigenvalue weighted by Gasteiger charge is 2.34. The molecule has 0 aromatic heterocycles. The third-order valence-electron chi connectivity index (χ3n) is 4.62. The van der Waals surface area contributed by atoms with Crippen molar-refractivity contribution in [1.82, 2.24) is 15.1 Å². The Hall–Kier alpha value is -0.160. The van der Waals surface area contributed by atoms with E-state index in [0.29, 0.717) is 12.1 Å². The Morgan fingerprint density at radius 2 is 1.95 bits per heavy atom. The van der Waals surface area contributed by atoms with E-state index in [-0.39, 0.29) is 5.54 Å². The van der Waals surface area contributed by atoms with Crippen LogP contribution >= 0.6 is 0 Å². The second-order valence-electron chi connectivity index (χ2n) is 6.68. The Morgan fingerprint density at radius 3 is 2.58 bits per heavy atom. The smallest absolute Gasteiger partial charge is 0.0674 e. The van der Waals surface area contributed by atoms with Gasteiger partial charge in [-0.1, -0.05) is 6.92 Å². The van der Waals surface area contributed by atoms with Crippen LogP contribution in [-0.4, -0.2) is 73.4 Å². The minimum absolute atomic E-state index is 0.257. The van der Waals surface area contributed by atoms with Gasteiger partial charge in [0.25, 0.3) is 0 Å². The Balaban J connectivity index is 1.96. The van der Waals surface area contributed by atoms with Crippen LogP contribution in [0.2, 0.25) is 0 Å². The predicted octanol–water partition coefficient (Wildman–Crippen LogP) is 1.17. The Bertz CT molecular complexity index is 277. The van der Waals surface area contributed by atoms with Crippen molar-refractivity contribution in [2.75, 3.05) is 45.9 Å². The zero-order chi connectivity index (χ0) is 13.9. The number of piperazine rings is 1. The lowest BCUT2D eigenvalue weighted by atomic mass is 9.98. The molecular weight excluding hydrogens is 238 g/mol. The highest BCUT2D eigenvalue weighted by molar-refractivity contribution is 4.90. The van der Waals surface area contributed by atoms with E-state index in [9.17, 15) is 0 Å². The Morgan fingerprint density at radius 1 is 1.26 bits per heavy atom. The molecule has 0 spiro atoms. The van der Waals surface area contributed by atoms with Gasteiger partial charge in [0.15, 0.2) is 0 Å². The molecule has 0 radical (unpaired) electrons. The topological polar surface area (TPSA) is 27.7 Å². The molecule has 2 aliphatic heterocycles. The Kier molecular flexibility index (Phi) is 5.23. The maximum Gasteiger partial charge on any atom is 0.0674 e. The minimum Gasteiger partial charge on any atom is -0.376 e. The van der Waals surface area contributed by atoms with Gasteiger partial charge in [-0.25, -0.2) is 0 Å². The highest BCUT2D eigenvalue weighted by atomic mass is 16.5. The average Bonchev–Trinajstić information content (AvgIpc) is 2.39. The fourth-order valence-corrected chi connectivity index (χ4v) is 3.35. The normalized spacial score (nSPS) is 31.6. The summed E-state index contributed by atoms with van der Waals surface area (Å²) < 4.78 is 5.81. The quantitative estimate of drug-likeness (QED) is 0.829. The van der Waals surface area contributed by atoms with Gasteiger partial charge >= 0.3 is 0 Å². The molecule has 4 nitrogen and oxygen atoms in total. The summed E-state index contributed by atoms with van der Waals surface area (Å²) in [5.74, 6) is 0. The van der Waals surface area contributed by atoms with E-state index in [4.69, 9.17) is 4.74 Å². The van der Waals surface area contributed by atoms with E-state index >= 15 is 0 Å². The molecule has 2 aliphatic rings. The molecule has 2 fully saturated rings. The fourth-order valence-electron chi connectivity index (χ4n) is 3.35. The van der Waals surface area contributed by atoms with Crippen LogP contribution in [0.1, 0.15) is 34.1 Å². The largest absolute Gasteiger partial charge is 0.376 e. The monoisotopic (exact) mass is 269 g/mol.